The van der Waals surface area contributed by atoms with Crippen LogP contribution in [0.1, 0.15) is 19.4 Å². The number of ether oxygens (including phenoxy) is 2. The molecule has 0 aromatic heterocycles. The fourth-order valence-corrected chi connectivity index (χ4v) is 1.57. The number of benzene rings is 1. The lowest BCUT2D eigenvalue weighted by molar-refractivity contribution is 0.0580. The first-order valence-corrected chi connectivity index (χ1v) is 5.78. The summed E-state index contributed by atoms with van der Waals surface area (Å²) in [5.41, 5.74) is 6.39. The van der Waals surface area contributed by atoms with Gasteiger partial charge >= 0.3 is 0 Å². The number of hydrogen-bond donors (Lipinski definition) is 2. The topological polar surface area (TPSA) is 64.7 Å². The molecule has 0 radical (unpaired) electrons. The van der Waals surface area contributed by atoms with Crippen LogP contribution in [0.3, 0.4) is 0 Å². The summed E-state index contributed by atoms with van der Waals surface area (Å²) in [6.07, 6.45) is -0.934. The Morgan fingerprint density at radius 3 is 2.53 bits per heavy atom. The summed E-state index contributed by atoms with van der Waals surface area (Å²) >= 11 is 5.94. The number of nitrogens with two attached hydrogens (primary N) is 1. The summed E-state index contributed by atoms with van der Waals surface area (Å²) in [5, 5.41) is 9.98. The Morgan fingerprint density at radius 1 is 1.41 bits per heavy atom. The largest absolute Gasteiger partial charge is 0.493 e. The maximum atomic E-state index is 9.44. The van der Waals surface area contributed by atoms with Gasteiger partial charge in [-0.1, -0.05) is 11.6 Å². The molecule has 0 aliphatic carbocycles. The molecule has 1 aromatic carbocycles. The van der Waals surface area contributed by atoms with Gasteiger partial charge in [0.1, 0.15) is 6.10 Å². The molecule has 0 spiro atoms. The first kappa shape index (κ1) is 14.1. The molecule has 3 N–H and O–H groups in total. The zero-order valence-electron chi connectivity index (χ0n) is 10.2. The van der Waals surface area contributed by atoms with E-state index in [4.69, 9.17) is 26.8 Å². The molecule has 1 rings (SSSR count). The normalized spacial score (nSPS) is 14.2. The zero-order valence-corrected chi connectivity index (χ0v) is 11.0. The summed E-state index contributed by atoms with van der Waals surface area (Å²) in [6, 6.07) is 3.39. The van der Waals surface area contributed by atoms with Gasteiger partial charge in [-0.3, -0.25) is 0 Å². The van der Waals surface area contributed by atoms with Crippen LogP contribution in [-0.2, 0) is 6.54 Å². The van der Waals surface area contributed by atoms with E-state index in [1.165, 1.54) is 7.11 Å². The average molecular weight is 260 g/mol. The quantitative estimate of drug-likeness (QED) is 0.848. The van der Waals surface area contributed by atoms with Gasteiger partial charge in [-0.05, 0) is 19.9 Å². The van der Waals surface area contributed by atoms with E-state index in [2.05, 4.69) is 0 Å². The van der Waals surface area contributed by atoms with E-state index in [1.54, 1.807) is 26.0 Å². The van der Waals surface area contributed by atoms with Crippen molar-refractivity contribution in [2.45, 2.75) is 32.6 Å². The third kappa shape index (κ3) is 3.49. The molecule has 0 fully saturated rings. The van der Waals surface area contributed by atoms with Gasteiger partial charge in [0.15, 0.2) is 11.5 Å². The second-order valence-electron chi connectivity index (χ2n) is 3.86. The first-order chi connectivity index (χ1) is 7.99. The van der Waals surface area contributed by atoms with Gasteiger partial charge in [-0.25, -0.2) is 0 Å². The van der Waals surface area contributed by atoms with E-state index < -0.39 is 6.10 Å². The van der Waals surface area contributed by atoms with Crippen molar-refractivity contribution in [3.05, 3.63) is 22.7 Å². The highest BCUT2D eigenvalue weighted by molar-refractivity contribution is 6.30. The Hall–Kier alpha value is -0.970. The van der Waals surface area contributed by atoms with Gasteiger partial charge in [0, 0.05) is 23.2 Å². The van der Waals surface area contributed by atoms with Crippen LogP contribution in [0.15, 0.2) is 12.1 Å². The van der Waals surface area contributed by atoms with Gasteiger partial charge in [0.05, 0.1) is 13.2 Å². The standard InChI is InChI=1S/C12H18ClNO3/c1-7(15)8(2)17-12-9(6-14)4-10(13)5-11(12)16-3/h4-5,7-8,15H,6,14H2,1-3H3. The van der Waals surface area contributed by atoms with Crippen LogP contribution >= 0.6 is 11.6 Å². The summed E-state index contributed by atoms with van der Waals surface area (Å²) in [5.74, 6) is 1.05. The van der Waals surface area contributed by atoms with Crippen LogP contribution in [0.2, 0.25) is 5.02 Å². The minimum absolute atomic E-state index is 0.290. The summed E-state index contributed by atoms with van der Waals surface area (Å²) in [7, 11) is 1.53. The van der Waals surface area contributed by atoms with E-state index in [9.17, 15) is 5.11 Å². The molecule has 2 unspecified atom stereocenters. The van der Waals surface area contributed by atoms with Crippen LogP contribution in [0, 0.1) is 0 Å². The van der Waals surface area contributed by atoms with Crippen molar-refractivity contribution >= 4 is 11.6 Å². The lowest BCUT2D eigenvalue weighted by Gasteiger charge is -2.21. The van der Waals surface area contributed by atoms with E-state index in [1.807, 2.05) is 0 Å². The Labute approximate surface area is 106 Å². The summed E-state index contributed by atoms with van der Waals surface area (Å²) in [4.78, 5) is 0. The molecule has 1 aromatic rings. The SMILES string of the molecule is COc1cc(Cl)cc(CN)c1OC(C)C(C)O. The van der Waals surface area contributed by atoms with Crippen LogP contribution in [0.5, 0.6) is 11.5 Å². The van der Waals surface area contributed by atoms with Crippen LogP contribution < -0.4 is 15.2 Å². The number of halogens is 1. The highest BCUT2D eigenvalue weighted by Gasteiger charge is 2.17. The Morgan fingerprint density at radius 2 is 2.06 bits per heavy atom. The summed E-state index contributed by atoms with van der Waals surface area (Å²) < 4.78 is 10.9. The third-order valence-corrected chi connectivity index (χ3v) is 2.74. The van der Waals surface area contributed by atoms with E-state index >= 15 is 0 Å². The second-order valence-corrected chi connectivity index (χ2v) is 4.30. The van der Waals surface area contributed by atoms with Gasteiger partial charge in [0.2, 0.25) is 0 Å². The molecule has 2 atom stereocenters. The van der Waals surface area contributed by atoms with Gasteiger partial charge in [-0.2, -0.15) is 0 Å². The smallest absolute Gasteiger partial charge is 0.166 e. The van der Waals surface area contributed by atoms with Gasteiger partial charge in [0.25, 0.3) is 0 Å². The molecule has 0 aliphatic heterocycles. The predicted molar refractivity (Wildman–Crippen MR) is 67.7 cm³/mol. The molecule has 5 heteroatoms. The Bertz CT molecular complexity index is 357. The van der Waals surface area contributed by atoms with Crippen molar-refractivity contribution < 1.29 is 14.6 Å². The van der Waals surface area contributed by atoms with Crippen molar-refractivity contribution in [3.63, 3.8) is 0 Å². The average Bonchev–Trinajstić information content (AvgIpc) is 2.30. The third-order valence-electron chi connectivity index (χ3n) is 2.52. The molecule has 0 aliphatic rings. The van der Waals surface area contributed by atoms with Crippen LogP contribution in [0.4, 0.5) is 0 Å². The number of aliphatic hydroxyl groups is 1. The van der Waals surface area contributed by atoms with Crippen LogP contribution in [0.25, 0.3) is 0 Å². The maximum absolute atomic E-state index is 9.44. The summed E-state index contributed by atoms with van der Waals surface area (Å²) in [6.45, 7) is 3.73. The maximum Gasteiger partial charge on any atom is 0.166 e. The minimum Gasteiger partial charge on any atom is -0.493 e. The number of aliphatic hydroxyl groups excluding tert-OH is 1. The molecule has 0 saturated carbocycles. The Kier molecular flexibility index (Phi) is 5.05. The molecule has 0 amide bonds. The molecule has 17 heavy (non-hydrogen) atoms. The number of hydrogen-bond acceptors (Lipinski definition) is 4. The molecule has 0 bridgehead atoms. The van der Waals surface area contributed by atoms with Crippen molar-refractivity contribution in [3.8, 4) is 11.5 Å². The molecule has 4 nitrogen and oxygen atoms in total. The molecular weight excluding hydrogens is 242 g/mol. The van der Waals surface area contributed by atoms with Crippen molar-refractivity contribution in [1.82, 2.24) is 0 Å². The predicted octanol–water partition coefficient (Wildman–Crippen LogP) is 1.96. The van der Waals surface area contributed by atoms with Gasteiger partial charge < -0.3 is 20.3 Å². The van der Waals surface area contributed by atoms with E-state index in [0.29, 0.717) is 23.1 Å². The molecule has 96 valence electrons. The lowest BCUT2D eigenvalue weighted by atomic mass is 10.1. The second kappa shape index (κ2) is 6.10. The van der Waals surface area contributed by atoms with E-state index in [0.717, 1.165) is 5.56 Å². The lowest BCUT2D eigenvalue weighted by Crippen LogP contribution is -2.26. The number of rotatable bonds is 5. The van der Waals surface area contributed by atoms with E-state index in [-0.39, 0.29) is 6.10 Å². The molecule has 0 saturated heterocycles. The fraction of sp³-hybridized carbons (Fsp3) is 0.500. The van der Waals surface area contributed by atoms with Crippen molar-refractivity contribution in [2.75, 3.05) is 7.11 Å². The van der Waals surface area contributed by atoms with Crippen molar-refractivity contribution in [1.29, 1.82) is 0 Å². The zero-order chi connectivity index (χ0) is 13.0. The fourth-order valence-electron chi connectivity index (χ4n) is 1.34. The van der Waals surface area contributed by atoms with Crippen LogP contribution in [-0.4, -0.2) is 24.4 Å². The highest BCUT2D eigenvalue weighted by atomic mass is 35.5. The van der Waals surface area contributed by atoms with Crippen molar-refractivity contribution in [2.24, 2.45) is 5.73 Å². The molecular formula is C12H18ClNO3. The monoisotopic (exact) mass is 259 g/mol. The van der Waals surface area contributed by atoms with Gasteiger partial charge in [-0.15, -0.1) is 0 Å². The molecule has 0 heterocycles. The highest BCUT2D eigenvalue weighted by Crippen LogP contribution is 2.35. The Balaban J connectivity index is 3.10. The first-order valence-electron chi connectivity index (χ1n) is 5.40. The number of methoxy groups -OCH3 is 1. The minimum atomic E-state index is -0.582.